The van der Waals surface area contributed by atoms with E-state index in [-0.39, 0.29) is 5.82 Å². The Labute approximate surface area is 91.5 Å². The molecule has 0 spiro atoms. The van der Waals surface area contributed by atoms with Gasteiger partial charge in [0.05, 0.1) is 23.5 Å². The monoisotopic (exact) mass is 225 g/mol. The van der Waals surface area contributed by atoms with Crippen LogP contribution in [0.2, 0.25) is 0 Å². The summed E-state index contributed by atoms with van der Waals surface area (Å²) < 4.78 is 14.5. The molecule has 2 rings (SSSR count). The Morgan fingerprint density at radius 3 is 2.87 bits per heavy atom. The maximum Gasteiger partial charge on any atom is 0.123 e. The van der Waals surface area contributed by atoms with Gasteiger partial charge in [0.15, 0.2) is 0 Å². The first-order chi connectivity index (χ1) is 7.20. The second-order valence-corrected chi connectivity index (χ2v) is 3.49. The fourth-order valence-corrected chi connectivity index (χ4v) is 1.48. The number of hydrogen-bond donors (Lipinski definition) is 0. The van der Waals surface area contributed by atoms with Gasteiger partial charge in [-0.3, -0.25) is 0 Å². The molecule has 78 valence electrons. The van der Waals surface area contributed by atoms with Gasteiger partial charge in [0.2, 0.25) is 0 Å². The number of nitrogens with zero attached hydrogens (tertiary/aromatic N) is 3. The molecule has 1 aromatic carbocycles. The van der Waals surface area contributed by atoms with Crippen molar-refractivity contribution in [3.05, 3.63) is 41.5 Å². The van der Waals surface area contributed by atoms with Crippen molar-refractivity contribution in [2.24, 2.45) is 0 Å². The van der Waals surface area contributed by atoms with Crippen LogP contribution in [0.4, 0.5) is 4.39 Å². The zero-order valence-corrected chi connectivity index (χ0v) is 8.87. The number of alkyl halides is 1. The minimum absolute atomic E-state index is 0.256. The van der Waals surface area contributed by atoms with Gasteiger partial charge >= 0.3 is 0 Å². The van der Waals surface area contributed by atoms with E-state index in [0.717, 1.165) is 11.3 Å². The van der Waals surface area contributed by atoms with E-state index in [1.165, 1.54) is 12.1 Å². The Kier molecular flexibility index (Phi) is 2.68. The van der Waals surface area contributed by atoms with E-state index in [0.29, 0.717) is 11.6 Å². The first-order valence-electron chi connectivity index (χ1n) is 4.44. The van der Waals surface area contributed by atoms with Crippen molar-refractivity contribution < 1.29 is 4.39 Å². The molecule has 2 aromatic rings. The van der Waals surface area contributed by atoms with E-state index in [1.807, 2.05) is 6.92 Å². The summed E-state index contributed by atoms with van der Waals surface area (Å²) in [5.41, 5.74) is 2.31. The van der Waals surface area contributed by atoms with Crippen LogP contribution in [0, 0.1) is 12.7 Å². The molecule has 0 N–H and O–H groups in total. The molecule has 0 atom stereocenters. The van der Waals surface area contributed by atoms with Gasteiger partial charge < -0.3 is 0 Å². The highest BCUT2D eigenvalue weighted by Crippen LogP contribution is 2.14. The molecule has 0 radical (unpaired) electrons. The predicted molar refractivity (Wildman–Crippen MR) is 55.6 cm³/mol. The second kappa shape index (κ2) is 3.98. The molecule has 0 aliphatic heterocycles. The van der Waals surface area contributed by atoms with E-state index in [2.05, 4.69) is 10.3 Å². The number of benzene rings is 1. The first kappa shape index (κ1) is 10.1. The van der Waals surface area contributed by atoms with Gasteiger partial charge in [-0.25, -0.2) is 9.07 Å². The van der Waals surface area contributed by atoms with Gasteiger partial charge in [0.25, 0.3) is 0 Å². The Hall–Kier alpha value is -1.42. The SMILES string of the molecule is Cc1cc(F)ccc1-n1cc(CCl)nn1. The van der Waals surface area contributed by atoms with Crippen LogP contribution in [-0.2, 0) is 5.88 Å². The van der Waals surface area contributed by atoms with Crippen molar-refractivity contribution in [1.29, 1.82) is 0 Å². The molecule has 15 heavy (non-hydrogen) atoms. The highest BCUT2D eigenvalue weighted by Gasteiger charge is 2.05. The molecule has 0 aliphatic carbocycles. The topological polar surface area (TPSA) is 30.7 Å². The van der Waals surface area contributed by atoms with Crippen LogP contribution in [0.3, 0.4) is 0 Å². The first-order valence-corrected chi connectivity index (χ1v) is 4.98. The van der Waals surface area contributed by atoms with Gasteiger partial charge in [-0.1, -0.05) is 5.21 Å². The zero-order chi connectivity index (χ0) is 10.8. The van der Waals surface area contributed by atoms with E-state index < -0.39 is 0 Å². The van der Waals surface area contributed by atoms with E-state index in [9.17, 15) is 4.39 Å². The molecule has 3 nitrogen and oxygen atoms in total. The summed E-state index contributed by atoms with van der Waals surface area (Å²) in [7, 11) is 0. The smallest absolute Gasteiger partial charge is 0.123 e. The summed E-state index contributed by atoms with van der Waals surface area (Å²) in [4.78, 5) is 0. The van der Waals surface area contributed by atoms with Gasteiger partial charge in [0, 0.05) is 0 Å². The minimum Gasteiger partial charge on any atom is -0.220 e. The maximum atomic E-state index is 12.9. The van der Waals surface area contributed by atoms with Crippen LogP contribution >= 0.6 is 11.6 Å². The Morgan fingerprint density at radius 1 is 1.47 bits per heavy atom. The lowest BCUT2D eigenvalue weighted by Gasteiger charge is -2.03. The minimum atomic E-state index is -0.256. The normalized spacial score (nSPS) is 10.6. The molecule has 0 saturated carbocycles. The van der Waals surface area contributed by atoms with E-state index in [1.54, 1.807) is 16.9 Å². The zero-order valence-electron chi connectivity index (χ0n) is 8.11. The van der Waals surface area contributed by atoms with Crippen molar-refractivity contribution in [1.82, 2.24) is 15.0 Å². The lowest BCUT2D eigenvalue weighted by Crippen LogP contribution is -1.98. The summed E-state index contributed by atoms with van der Waals surface area (Å²) in [6, 6.07) is 4.51. The second-order valence-electron chi connectivity index (χ2n) is 3.22. The summed E-state index contributed by atoms with van der Waals surface area (Å²) in [5.74, 6) is 0.0641. The number of hydrogen-bond acceptors (Lipinski definition) is 2. The standard InChI is InChI=1S/C10H9ClFN3/c1-7-4-8(12)2-3-10(7)15-6-9(5-11)13-14-15/h2-4,6H,5H2,1H3. The van der Waals surface area contributed by atoms with Crippen molar-refractivity contribution >= 4 is 11.6 Å². The fourth-order valence-electron chi connectivity index (χ4n) is 1.35. The van der Waals surface area contributed by atoms with Crippen LogP contribution in [0.1, 0.15) is 11.3 Å². The van der Waals surface area contributed by atoms with Crippen LogP contribution in [0.5, 0.6) is 0 Å². The predicted octanol–water partition coefficient (Wildman–Crippen LogP) is 2.45. The number of halogens is 2. The molecule has 0 amide bonds. The molecule has 0 fully saturated rings. The van der Waals surface area contributed by atoms with Crippen molar-refractivity contribution in [2.45, 2.75) is 12.8 Å². The molecular weight excluding hydrogens is 217 g/mol. The van der Waals surface area contributed by atoms with Crippen molar-refractivity contribution in [3.63, 3.8) is 0 Å². The van der Waals surface area contributed by atoms with Crippen LogP contribution in [0.15, 0.2) is 24.4 Å². The van der Waals surface area contributed by atoms with Crippen LogP contribution in [-0.4, -0.2) is 15.0 Å². The number of aryl methyl sites for hydroxylation is 1. The highest BCUT2D eigenvalue weighted by atomic mass is 35.5. The third kappa shape index (κ3) is 1.99. The summed E-state index contributed by atoms with van der Waals surface area (Å²) >= 11 is 5.62. The van der Waals surface area contributed by atoms with E-state index in [4.69, 9.17) is 11.6 Å². The summed E-state index contributed by atoms with van der Waals surface area (Å²) in [6.07, 6.45) is 1.73. The molecule has 0 saturated heterocycles. The Morgan fingerprint density at radius 2 is 2.27 bits per heavy atom. The molecule has 0 unspecified atom stereocenters. The van der Waals surface area contributed by atoms with Crippen molar-refractivity contribution in [3.8, 4) is 5.69 Å². The largest absolute Gasteiger partial charge is 0.220 e. The third-order valence-corrected chi connectivity index (χ3v) is 2.36. The third-order valence-electron chi connectivity index (χ3n) is 2.08. The van der Waals surface area contributed by atoms with Crippen molar-refractivity contribution in [2.75, 3.05) is 0 Å². The lowest BCUT2D eigenvalue weighted by molar-refractivity contribution is 0.625. The molecule has 0 aliphatic rings. The summed E-state index contributed by atoms with van der Waals surface area (Å²) in [5, 5.41) is 7.77. The number of rotatable bonds is 2. The van der Waals surface area contributed by atoms with Gasteiger partial charge in [-0.2, -0.15) is 0 Å². The average Bonchev–Trinajstić information content (AvgIpc) is 2.66. The molecule has 1 aromatic heterocycles. The van der Waals surface area contributed by atoms with E-state index >= 15 is 0 Å². The van der Waals surface area contributed by atoms with Crippen LogP contribution in [0.25, 0.3) is 5.69 Å². The highest BCUT2D eigenvalue weighted by molar-refractivity contribution is 6.16. The summed E-state index contributed by atoms with van der Waals surface area (Å²) in [6.45, 7) is 1.82. The molecular formula is C10H9ClFN3. The quantitative estimate of drug-likeness (QED) is 0.735. The number of aromatic nitrogens is 3. The maximum absolute atomic E-state index is 12.9. The molecule has 5 heteroatoms. The average molecular weight is 226 g/mol. The molecule has 1 heterocycles. The fraction of sp³-hybridized carbons (Fsp3) is 0.200. The van der Waals surface area contributed by atoms with Gasteiger partial charge in [0.1, 0.15) is 5.82 Å². The Balaban J connectivity index is 2.44. The lowest BCUT2D eigenvalue weighted by atomic mass is 10.2. The van der Waals surface area contributed by atoms with Crippen LogP contribution < -0.4 is 0 Å². The Bertz CT molecular complexity index is 481. The van der Waals surface area contributed by atoms with Gasteiger partial charge in [-0.15, -0.1) is 16.7 Å². The van der Waals surface area contributed by atoms with Gasteiger partial charge in [-0.05, 0) is 30.7 Å². The molecule has 0 bridgehead atoms.